The number of ketones is 1. The molecule has 0 bridgehead atoms. The molecular formula is C10H14N2O3. The van der Waals surface area contributed by atoms with Crippen molar-refractivity contribution in [2.45, 2.75) is 25.8 Å². The summed E-state index contributed by atoms with van der Waals surface area (Å²) in [4.78, 5) is 37.1. The Hall–Kier alpha value is -1.39. The highest BCUT2D eigenvalue weighted by molar-refractivity contribution is 6.35. The lowest BCUT2D eigenvalue weighted by molar-refractivity contribution is -0.157. The molecule has 2 aliphatic rings. The Kier molecular flexibility index (Phi) is 2.46. The molecule has 82 valence electrons. The lowest BCUT2D eigenvalue weighted by Crippen LogP contribution is -2.55. The van der Waals surface area contributed by atoms with Gasteiger partial charge in [0.05, 0.1) is 6.54 Å². The van der Waals surface area contributed by atoms with Gasteiger partial charge in [-0.1, -0.05) is 0 Å². The van der Waals surface area contributed by atoms with Crippen LogP contribution in [0, 0.1) is 0 Å². The Morgan fingerprint density at radius 1 is 1.27 bits per heavy atom. The van der Waals surface area contributed by atoms with Crippen LogP contribution in [0.1, 0.15) is 19.8 Å². The van der Waals surface area contributed by atoms with E-state index in [2.05, 4.69) is 0 Å². The third-order valence-corrected chi connectivity index (χ3v) is 2.74. The van der Waals surface area contributed by atoms with Crippen LogP contribution in [0.25, 0.3) is 0 Å². The number of nitrogens with zero attached hydrogens (tertiary/aromatic N) is 2. The fraction of sp³-hybridized carbons (Fsp3) is 0.700. The van der Waals surface area contributed by atoms with Gasteiger partial charge in [-0.15, -0.1) is 0 Å². The number of rotatable bonds is 3. The minimum absolute atomic E-state index is 0.0586. The van der Waals surface area contributed by atoms with E-state index in [1.54, 1.807) is 4.90 Å². The maximum atomic E-state index is 11.6. The van der Waals surface area contributed by atoms with Gasteiger partial charge in [-0.2, -0.15) is 0 Å². The van der Waals surface area contributed by atoms with Crippen LogP contribution in [0.4, 0.5) is 0 Å². The molecule has 0 unspecified atom stereocenters. The highest BCUT2D eigenvalue weighted by Gasteiger charge is 2.40. The molecule has 1 heterocycles. The molecule has 2 rings (SSSR count). The summed E-state index contributed by atoms with van der Waals surface area (Å²) in [5.41, 5.74) is 0. The van der Waals surface area contributed by atoms with Crippen molar-refractivity contribution < 1.29 is 14.4 Å². The second-order valence-corrected chi connectivity index (χ2v) is 4.16. The van der Waals surface area contributed by atoms with Gasteiger partial charge < -0.3 is 9.80 Å². The van der Waals surface area contributed by atoms with Crippen molar-refractivity contribution >= 4 is 17.6 Å². The van der Waals surface area contributed by atoms with E-state index in [1.807, 2.05) is 0 Å². The second-order valence-electron chi connectivity index (χ2n) is 4.16. The number of Topliss-reactive ketones (excluding diaryl/α,β-unsaturated/α-hetero) is 1. The minimum Gasteiger partial charge on any atom is -0.330 e. The number of amides is 2. The average molecular weight is 210 g/mol. The Morgan fingerprint density at radius 3 is 2.47 bits per heavy atom. The molecule has 1 saturated carbocycles. The predicted octanol–water partition coefficient (Wildman–Crippen LogP) is -0.591. The normalized spacial score (nSPS) is 22.2. The van der Waals surface area contributed by atoms with Gasteiger partial charge in [0.25, 0.3) is 0 Å². The minimum atomic E-state index is -0.525. The molecule has 0 aromatic heterocycles. The highest BCUT2D eigenvalue weighted by atomic mass is 16.2. The summed E-state index contributed by atoms with van der Waals surface area (Å²) < 4.78 is 0. The number of carbonyl (C=O) groups excluding carboxylic acids is 3. The standard InChI is InChI=1S/C10H14N2O3/c1-7(13)6-11-4-5-12(8-2-3-8)10(15)9(11)14/h8H,2-6H2,1H3. The molecule has 1 aliphatic carbocycles. The first kappa shape index (κ1) is 10.1. The fourth-order valence-electron chi connectivity index (χ4n) is 1.84. The molecule has 1 saturated heterocycles. The van der Waals surface area contributed by atoms with Crippen molar-refractivity contribution in [3.63, 3.8) is 0 Å². The molecule has 0 N–H and O–H groups in total. The highest BCUT2D eigenvalue weighted by Crippen LogP contribution is 2.28. The SMILES string of the molecule is CC(=O)CN1CCN(C2CC2)C(=O)C1=O. The molecule has 2 fully saturated rings. The van der Waals surface area contributed by atoms with Gasteiger partial charge in [0.1, 0.15) is 5.78 Å². The molecule has 2 amide bonds. The third kappa shape index (κ3) is 2.00. The van der Waals surface area contributed by atoms with Crippen molar-refractivity contribution in [1.29, 1.82) is 0 Å². The van der Waals surface area contributed by atoms with E-state index >= 15 is 0 Å². The van der Waals surface area contributed by atoms with E-state index in [9.17, 15) is 14.4 Å². The van der Waals surface area contributed by atoms with Crippen LogP contribution < -0.4 is 0 Å². The van der Waals surface area contributed by atoms with E-state index in [4.69, 9.17) is 0 Å². The van der Waals surface area contributed by atoms with Crippen molar-refractivity contribution in [1.82, 2.24) is 9.80 Å². The summed E-state index contributed by atoms with van der Waals surface area (Å²) in [7, 11) is 0. The zero-order valence-electron chi connectivity index (χ0n) is 8.73. The molecule has 5 nitrogen and oxygen atoms in total. The maximum absolute atomic E-state index is 11.6. The zero-order chi connectivity index (χ0) is 11.0. The van der Waals surface area contributed by atoms with Gasteiger partial charge in [-0.05, 0) is 19.8 Å². The van der Waals surface area contributed by atoms with Crippen LogP contribution in [0.2, 0.25) is 0 Å². The summed E-state index contributed by atoms with van der Waals surface area (Å²) in [6.45, 7) is 2.54. The Labute approximate surface area is 88.0 Å². The van der Waals surface area contributed by atoms with Gasteiger partial charge in [0.2, 0.25) is 0 Å². The molecule has 1 aliphatic heterocycles. The predicted molar refractivity (Wildman–Crippen MR) is 52.0 cm³/mol. The van der Waals surface area contributed by atoms with Gasteiger partial charge in [0.15, 0.2) is 0 Å². The first-order chi connectivity index (χ1) is 7.09. The Morgan fingerprint density at radius 2 is 1.93 bits per heavy atom. The summed E-state index contributed by atoms with van der Waals surface area (Å²) in [6.07, 6.45) is 2.01. The molecule has 0 atom stereocenters. The molecule has 15 heavy (non-hydrogen) atoms. The topological polar surface area (TPSA) is 57.7 Å². The number of hydrogen-bond donors (Lipinski definition) is 0. The third-order valence-electron chi connectivity index (χ3n) is 2.74. The van der Waals surface area contributed by atoms with Gasteiger partial charge in [-0.25, -0.2) is 0 Å². The van der Waals surface area contributed by atoms with E-state index < -0.39 is 11.8 Å². The maximum Gasteiger partial charge on any atom is 0.312 e. The Bertz CT molecular complexity index is 323. The molecule has 0 aromatic rings. The zero-order valence-corrected chi connectivity index (χ0v) is 8.73. The first-order valence-electron chi connectivity index (χ1n) is 5.19. The largest absolute Gasteiger partial charge is 0.330 e. The smallest absolute Gasteiger partial charge is 0.312 e. The van der Waals surface area contributed by atoms with Crippen LogP contribution in [0.15, 0.2) is 0 Å². The number of piperazine rings is 1. The van der Waals surface area contributed by atoms with Crippen molar-refractivity contribution in [3.05, 3.63) is 0 Å². The lowest BCUT2D eigenvalue weighted by atomic mass is 10.2. The summed E-state index contributed by atoms with van der Waals surface area (Å²) >= 11 is 0. The summed E-state index contributed by atoms with van der Waals surface area (Å²) in [5, 5.41) is 0. The van der Waals surface area contributed by atoms with Crippen LogP contribution in [0.3, 0.4) is 0 Å². The monoisotopic (exact) mass is 210 g/mol. The Balaban J connectivity index is 2.00. The van der Waals surface area contributed by atoms with E-state index in [0.717, 1.165) is 12.8 Å². The van der Waals surface area contributed by atoms with E-state index in [1.165, 1.54) is 11.8 Å². The van der Waals surface area contributed by atoms with Crippen LogP contribution in [-0.2, 0) is 14.4 Å². The molecular weight excluding hydrogens is 196 g/mol. The molecule has 0 radical (unpaired) electrons. The fourth-order valence-corrected chi connectivity index (χ4v) is 1.84. The second kappa shape index (κ2) is 3.64. The van der Waals surface area contributed by atoms with Crippen molar-refractivity contribution in [2.75, 3.05) is 19.6 Å². The molecule has 5 heteroatoms. The lowest BCUT2D eigenvalue weighted by Gasteiger charge is -2.33. The quantitative estimate of drug-likeness (QED) is 0.585. The summed E-state index contributed by atoms with van der Waals surface area (Å²) in [5.74, 6) is -1.05. The van der Waals surface area contributed by atoms with Crippen LogP contribution in [0.5, 0.6) is 0 Å². The van der Waals surface area contributed by atoms with Gasteiger partial charge in [-0.3, -0.25) is 14.4 Å². The van der Waals surface area contributed by atoms with Gasteiger partial charge >= 0.3 is 11.8 Å². The number of hydrogen-bond acceptors (Lipinski definition) is 3. The van der Waals surface area contributed by atoms with Crippen molar-refractivity contribution in [2.24, 2.45) is 0 Å². The van der Waals surface area contributed by atoms with E-state index in [-0.39, 0.29) is 18.4 Å². The van der Waals surface area contributed by atoms with Crippen molar-refractivity contribution in [3.8, 4) is 0 Å². The molecule has 0 aromatic carbocycles. The van der Waals surface area contributed by atoms with Crippen LogP contribution in [-0.4, -0.2) is 53.1 Å². The van der Waals surface area contributed by atoms with Crippen LogP contribution >= 0.6 is 0 Å². The average Bonchev–Trinajstić information content (AvgIpc) is 2.96. The number of carbonyl (C=O) groups is 3. The van der Waals surface area contributed by atoms with Gasteiger partial charge in [0, 0.05) is 19.1 Å². The molecule has 0 spiro atoms. The first-order valence-corrected chi connectivity index (χ1v) is 5.19. The van der Waals surface area contributed by atoms with E-state index in [0.29, 0.717) is 13.1 Å². The summed E-state index contributed by atoms with van der Waals surface area (Å²) in [6, 6.07) is 0.279.